The van der Waals surface area contributed by atoms with Crippen molar-refractivity contribution in [2.75, 3.05) is 19.5 Å². The largest absolute Gasteiger partial charge is 0.383 e. The molecule has 2 heterocycles. The van der Waals surface area contributed by atoms with Crippen molar-refractivity contribution in [2.45, 2.75) is 17.5 Å². The van der Waals surface area contributed by atoms with Crippen molar-refractivity contribution in [2.24, 2.45) is 0 Å². The molecule has 2 N–H and O–H groups in total. The van der Waals surface area contributed by atoms with Crippen molar-refractivity contribution in [3.8, 4) is 0 Å². The summed E-state index contributed by atoms with van der Waals surface area (Å²) in [5.74, 6) is 1.74. The molecular formula is C19H18ClN5OS. The third-order valence-corrected chi connectivity index (χ3v) is 5.41. The van der Waals surface area contributed by atoms with Gasteiger partial charge in [0.1, 0.15) is 11.6 Å². The van der Waals surface area contributed by atoms with Crippen LogP contribution in [0.5, 0.6) is 0 Å². The molecule has 27 heavy (non-hydrogen) atoms. The highest BCUT2D eigenvalue weighted by atomic mass is 35.5. The maximum Gasteiger partial charge on any atom is 0.169 e. The Balaban J connectivity index is 1.65. The van der Waals surface area contributed by atoms with Crippen LogP contribution in [0.3, 0.4) is 0 Å². The summed E-state index contributed by atoms with van der Waals surface area (Å²) >= 11 is 7.69. The van der Waals surface area contributed by atoms with Crippen molar-refractivity contribution in [1.29, 1.82) is 0 Å². The van der Waals surface area contributed by atoms with Gasteiger partial charge in [-0.3, -0.25) is 0 Å². The molecule has 138 valence electrons. The van der Waals surface area contributed by atoms with Crippen LogP contribution in [0.15, 0.2) is 47.6 Å². The predicted molar refractivity (Wildman–Crippen MR) is 110 cm³/mol. The van der Waals surface area contributed by atoms with E-state index in [0.29, 0.717) is 35.6 Å². The molecule has 8 heteroatoms. The number of rotatable bonds is 6. The summed E-state index contributed by atoms with van der Waals surface area (Å²) in [6, 6.07) is 13.5. The van der Waals surface area contributed by atoms with Gasteiger partial charge in [-0.15, -0.1) is 0 Å². The number of methoxy groups -OCH3 is 1. The summed E-state index contributed by atoms with van der Waals surface area (Å²) in [6.45, 7) is 1.30. The molecule has 0 spiro atoms. The number of nitrogen functional groups attached to an aromatic ring is 1. The standard InChI is InChI=1S/C19H18ClN5OS/c1-26-9-8-25-16-7-6-12(20)10-15(16)23-19(25)27-11-17-22-14-5-3-2-4-13(14)18(21)24-17/h2-7,10H,8-9,11H2,1H3,(H2,21,22,24). The molecular weight excluding hydrogens is 382 g/mol. The number of anilines is 1. The Bertz CT molecular complexity index is 1110. The Morgan fingerprint density at radius 2 is 1.96 bits per heavy atom. The lowest BCUT2D eigenvalue weighted by atomic mass is 10.2. The van der Waals surface area contributed by atoms with E-state index in [4.69, 9.17) is 27.1 Å². The second kappa shape index (κ2) is 7.72. The van der Waals surface area contributed by atoms with E-state index in [9.17, 15) is 0 Å². The van der Waals surface area contributed by atoms with Crippen LogP contribution in [0.1, 0.15) is 5.82 Å². The fourth-order valence-electron chi connectivity index (χ4n) is 2.93. The maximum atomic E-state index is 6.12. The van der Waals surface area contributed by atoms with E-state index in [2.05, 4.69) is 14.5 Å². The van der Waals surface area contributed by atoms with Gasteiger partial charge in [0, 0.05) is 24.1 Å². The molecule has 2 aromatic carbocycles. The molecule has 0 saturated heterocycles. The molecule has 0 amide bonds. The first-order valence-electron chi connectivity index (χ1n) is 8.44. The lowest BCUT2D eigenvalue weighted by molar-refractivity contribution is 0.186. The van der Waals surface area contributed by atoms with Crippen molar-refractivity contribution in [1.82, 2.24) is 19.5 Å². The topological polar surface area (TPSA) is 78.9 Å². The highest BCUT2D eigenvalue weighted by Crippen LogP contribution is 2.28. The van der Waals surface area contributed by atoms with Gasteiger partial charge >= 0.3 is 0 Å². The molecule has 0 unspecified atom stereocenters. The van der Waals surface area contributed by atoms with Crippen molar-refractivity contribution >= 4 is 51.1 Å². The molecule has 6 nitrogen and oxygen atoms in total. The molecule has 2 aromatic heterocycles. The number of fused-ring (bicyclic) bond motifs is 2. The molecule has 0 aliphatic rings. The fraction of sp³-hybridized carbons (Fsp3) is 0.211. The molecule has 4 aromatic rings. The number of thioether (sulfide) groups is 1. The Morgan fingerprint density at radius 1 is 1.11 bits per heavy atom. The minimum atomic E-state index is 0.496. The summed E-state index contributed by atoms with van der Waals surface area (Å²) in [5, 5.41) is 2.41. The highest BCUT2D eigenvalue weighted by Gasteiger charge is 2.13. The van der Waals surface area contributed by atoms with Crippen LogP contribution in [-0.2, 0) is 17.0 Å². The van der Waals surface area contributed by atoms with Gasteiger partial charge in [0.15, 0.2) is 5.16 Å². The number of nitrogens with zero attached hydrogens (tertiary/aromatic N) is 4. The summed E-state index contributed by atoms with van der Waals surface area (Å²) in [4.78, 5) is 13.8. The van der Waals surface area contributed by atoms with E-state index in [0.717, 1.165) is 27.1 Å². The molecule has 4 rings (SSSR count). The number of hydrogen-bond donors (Lipinski definition) is 1. The molecule has 0 aliphatic carbocycles. The van der Waals surface area contributed by atoms with E-state index in [1.165, 1.54) is 0 Å². The maximum absolute atomic E-state index is 6.12. The summed E-state index contributed by atoms with van der Waals surface area (Å²) in [7, 11) is 1.69. The number of nitrogens with two attached hydrogens (primary N) is 1. The predicted octanol–water partition coefficient (Wildman–Crippen LogP) is 4.15. The summed E-state index contributed by atoms with van der Waals surface area (Å²) in [6.07, 6.45) is 0. The molecule has 0 bridgehead atoms. The number of hydrogen-bond acceptors (Lipinski definition) is 6. The number of ether oxygens (including phenoxy) is 1. The molecule has 0 fully saturated rings. The van der Waals surface area contributed by atoms with E-state index in [-0.39, 0.29) is 0 Å². The SMILES string of the molecule is COCCn1c(SCc2nc(N)c3ccccc3n2)nc2cc(Cl)ccc21. The molecule has 0 aliphatic heterocycles. The zero-order chi connectivity index (χ0) is 18.8. The highest BCUT2D eigenvalue weighted by molar-refractivity contribution is 7.98. The lowest BCUT2D eigenvalue weighted by Crippen LogP contribution is -2.06. The second-order valence-electron chi connectivity index (χ2n) is 6.00. The van der Waals surface area contributed by atoms with Crippen molar-refractivity contribution in [3.63, 3.8) is 0 Å². The molecule has 0 radical (unpaired) electrons. The first-order valence-corrected chi connectivity index (χ1v) is 9.80. The van der Waals surface area contributed by atoms with E-state index < -0.39 is 0 Å². The van der Waals surface area contributed by atoms with Gasteiger partial charge in [-0.1, -0.05) is 35.5 Å². The van der Waals surface area contributed by atoms with Gasteiger partial charge in [-0.25, -0.2) is 15.0 Å². The number of para-hydroxylation sites is 1. The van der Waals surface area contributed by atoms with Gasteiger partial charge in [0.05, 0.1) is 28.9 Å². The zero-order valence-electron chi connectivity index (χ0n) is 14.7. The average Bonchev–Trinajstić information content (AvgIpc) is 3.01. The van der Waals surface area contributed by atoms with Crippen LogP contribution in [0.25, 0.3) is 21.9 Å². The third kappa shape index (κ3) is 3.71. The summed E-state index contributed by atoms with van der Waals surface area (Å²) in [5.41, 5.74) is 8.82. The molecule has 0 saturated carbocycles. The van der Waals surface area contributed by atoms with Gasteiger partial charge in [-0.2, -0.15) is 0 Å². The monoisotopic (exact) mass is 399 g/mol. The van der Waals surface area contributed by atoms with Gasteiger partial charge < -0.3 is 15.0 Å². The minimum absolute atomic E-state index is 0.496. The Hall–Kier alpha value is -2.35. The second-order valence-corrected chi connectivity index (χ2v) is 7.38. The van der Waals surface area contributed by atoms with Crippen LogP contribution < -0.4 is 5.73 Å². The van der Waals surface area contributed by atoms with E-state index in [1.807, 2.05) is 42.5 Å². The van der Waals surface area contributed by atoms with Crippen molar-refractivity contribution in [3.05, 3.63) is 53.3 Å². The summed E-state index contributed by atoms with van der Waals surface area (Å²) < 4.78 is 7.37. The van der Waals surface area contributed by atoms with Crippen LogP contribution in [0.4, 0.5) is 5.82 Å². The number of benzene rings is 2. The van der Waals surface area contributed by atoms with Crippen molar-refractivity contribution < 1.29 is 4.74 Å². The van der Waals surface area contributed by atoms with Crippen LogP contribution in [0.2, 0.25) is 5.02 Å². The van der Waals surface area contributed by atoms with Crippen LogP contribution in [-0.4, -0.2) is 33.2 Å². The lowest BCUT2D eigenvalue weighted by Gasteiger charge is -2.08. The molecule has 0 atom stereocenters. The fourth-order valence-corrected chi connectivity index (χ4v) is 4.00. The quantitative estimate of drug-likeness (QED) is 0.490. The minimum Gasteiger partial charge on any atom is -0.383 e. The first kappa shape index (κ1) is 18.0. The third-order valence-electron chi connectivity index (χ3n) is 4.20. The van der Waals surface area contributed by atoms with Crippen LogP contribution >= 0.6 is 23.4 Å². The number of aromatic nitrogens is 4. The van der Waals surface area contributed by atoms with E-state index in [1.54, 1.807) is 18.9 Å². The van der Waals surface area contributed by atoms with E-state index >= 15 is 0 Å². The number of halogens is 1. The Morgan fingerprint density at radius 3 is 2.81 bits per heavy atom. The average molecular weight is 400 g/mol. The first-order chi connectivity index (χ1) is 13.2. The normalized spacial score (nSPS) is 11.5. The van der Waals surface area contributed by atoms with Crippen LogP contribution in [0, 0.1) is 0 Å². The van der Waals surface area contributed by atoms with Gasteiger partial charge in [-0.05, 0) is 30.3 Å². The van der Waals surface area contributed by atoms with Gasteiger partial charge in [0.2, 0.25) is 0 Å². The van der Waals surface area contributed by atoms with Gasteiger partial charge in [0.25, 0.3) is 0 Å². The Labute approximate surface area is 165 Å². The zero-order valence-corrected chi connectivity index (χ0v) is 16.3. The number of imidazole rings is 1. The smallest absolute Gasteiger partial charge is 0.169 e. The Kier molecular flexibility index (Phi) is 5.15.